The normalized spacial score (nSPS) is 17.0. The van der Waals surface area contributed by atoms with E-state index in [-0.39, 0.29) is 12.1 Å². The molecule has 18 heavy (non-hydrogen) atoms. The monoisotopic (exact) mass is 252 g/mol. The first kappa shape index (κ1) is 12.9. The van der Waals surface area contributed by atoms with Gasteiger partial charge in [-0.1, -0.05) is 6.92 Å². The predicted molar refractivity (Wildman–Crippen MR) is 69.5 cm³/mol. The highest BCUT2D eigenvalue weighted by atomic mass is 16.5. The van der Waals surface area contributed by atoms with Crippen LogP contribution in [0.15, 0.2) is 6.33 Å². The Morgan fingerprint density at radius 1 is 1.50 bits per heavy atom. The van der Waals surface area contributed by atoms with Gasteiger partial charge in [-0.05, 0) is 25.7 Å². The summed E-state index contributed by atoms with van der Waals surface area (Å²) in [6.07, 6.45) is 5.29. The van der Waals surface area contributed by atoms with Crippen LogP contribution in [0.3, 0.4) is 0 Å². The number of hydrogen-bond acceptors (Lipinski definition) is 6. The van der Waals surface area contributed by atoms with Crippen molar-refractivity contribution in [3.63, 3.8) is 0 Å². The lowest BCUT2D eigenvalue weighted by atomic mass is 9.77. The smallest absolute Gasteiger partial charge is 0.242 e. The molecule has 0 bridgehead atoms. The highest BCUT2D eigenvalue weighted by molar-refractivity contribution is 5.67. The number of aliphatic hydroxyl groups excluding tert-OH is 1. The standard InChI is InChI=1S/C12H20N4O2/c1-2-6-18-11-9(13)10(14-8-15-11)16-12(7-17)4-3-5-12/h8,17H,2-7,13H2,1H3,(H,14,15,16). The summed E-state index contributed by atoms with van der Waals surface area (Å²) in [6.45, 7) is 2.68. The van der Waals surface area contributed by atoms with E-state index in [0.29, 0.717) is 24.0 Å². The molecule has 0 aromatic carbocycles. The molecule has 1 aromatic heterocycles. The van der Waals surface area contributed by atoms with E-state index in [1.165, 1.54) is 6.33 Å². The summed E-state index contributed by atoms with van der Waals surface area (Å²) in [5.41, 5.74) is 6.11. The summed E-state index contributed by atoms with van der Waals surface area (Å²) in [5, 5.41) is 12.6. The van der Waals surface area contributed by atoms with Crippen LogP contribution in [0.25, 0.3) is 0 Å². The molecule has 100 valence electrons. The van der Waals surface area contributed by atoms with Gasteiger partial charge in [-0.25, -0.2) is 4.98 Å². The minimum atomic E-state index is -0.273. The molecular weight excluding hydrogens is 232 g/mol. The Kier molecular flexibility index (Phi) is 3.86. The Labute approximate surface area is 107 Å². The average Bonchev–Trinajstić information content (AvgIpc) is 2.34. The third-order valence-electron chi connectivity index (χ3n) is 3.29. The van der Waals surface area contributed by atoms with E-state index in [1.807, 2.05) is 6.92 Å². The van der Waals surface area contributed by atoms with Crippen molar-refractivity contribution in [2.75, 3.05) is 24.3 Å². The lowest BCUT2D eigenvalue weighted by molar-refractivity contribution is 0.144. The van der Waals surface area contributed by atoms with Gasteiger partial charge < -0.3 is 20.9 Å². The maximum absolute atomic E-state index is 9.42. The Balaban J connectivity index is 2.12. The van der Waals surface area contributed by atoms with Crippen LogP contribution in [0.5, 0.6) is 5.88 Å². The second kappa shape index (κ2) is 5.39. The molecule has 1 aromatic rings. The van der Waals surface area contributed by atoms with Crippen LogP contribution in [0.1, 0.15) is 32.6 Å². The predicted octanol–water partition coefficient (Wildman–Crippen LogP) is 1.17. The molecule has 0 radical (unpaired) electrons. The molecule has 0 atom stereocenters. The van der Waals surface area contributed by atoms with E-state index in [2.05, 4.69) is 15.3 Å². The fourth-order valence-electron chi connectivity index (χ4n) is 1.97. The SMILES string of the molecule is CCCOc1ncnc(NC2(CO)CCC2)c1N. The number of nitrogen functional groups attached to an aromatic ring is 1. The molecule has 0 aliphatic heterocycles. The first-order valence-electron chi connectivity index (χ1n) is 6.33. The zero-order valence-corrected chi connectivity index (χ0v) is 10.6. The van der Waals surface area contributed by atoms with Gasteiger partial charge in [0, 0.05) is 0 Å². The van der Waals surface area contributed by atoms with Crippen LogP contribution in [0, 0.1) is 0 Å². The van der Waals surface area contributed by atoms with Crippen molar-refractivity contribution in [1.82, 2.24) is 9.97 Å². The molecule has 4 N–H and O–H groups in total. The summed E-state index contributed by atoms with van der Waals surface area (Å²) in [7, 11) is 0. The van der Waals surface area contributed by atoms with E-state index >= 15 is 0 Å². The van der Waals surface area contributed by atoms with Crippen LogP contribution in [-0.4, -0.2) is 33.8 Å². The zero-order valence-electron chi connectivity index (χ0n) is 10.6. The number of nitrogens with zero attached hydrogens (tertiary/aromatic N) is 2. The topological polar surface area (TPSA) is 93.3 Å². The summed E-state index contributed by atoms with van der Waals surface area (Å²) in [5.74, 6) is 0.951. The highest BCUT2D eigenvalue weighted by Crippen LogP contribution is 2.36. The molecule has 6 nitrogen and oxygen atoms in total. The third kappa shape index (κ3) is 2.48. The molecule has 0 unspecified atom stereocenters. The number of hydrogen-bond donors (Lipinski definition) is 3. The maximum atomic E-state index is 9.42. The molecule has 0 amide bonds. The Bertz CT molecular complexity index is 402. The van der Waals surface area contributed by atoms with Crippen molar-refractivity contribution >= 4 is 11.5 Å². The fraction of sp³-hybridized carbons (Fsp3) is 0.667. The number of aromatic nitrogens is 2. The van der Waals surface area contributed by atoms with E-state index in [4.69, 9.17) is 10.5 Å². The quantitative estimate of drug-likeness (QED) is 0.704. The second-order valence-corrected chi connectivity index (χ2v) is 4.71. The number of ether oxygens (including phenoxy) is 1. The number of aliphatic hydroxyl groups is 1. The first-order chi connectivity index (χ1) is 8.71. The van der Waals surface area contributed by atoms with Crippen molar-refractivity contribution in [2.45, 2.75) is 38.1 Å². The van der Waals surface area contributed by atoms with Gasteiger partial charge in [-0.15, -0.1) is 0 Å². The highest BCUT2D eigenvalue weighted by Gasteiger charge is 2.37. The maximum Gasteiger partial charge on any atom is 0.242 e. The molecule has 6 heteroatoms. The summed E-state index contributed by atoms with van der Waals surface area (Å²) in [4.78, 5) is 8.14. The minimum absolute atomic E-state index is 0.0849. The van der Waals surface area contributed by atoms with Crippen LogP contribution in [0.2, 0.25) is 0 Å². The van der Waals surface area contributed by atoms with Gasteiger partial charge in [-0.2, -0.15) is 4.98 Å². The Morgan fingerprint density at radius 2 is 2.28 bits per heavy atom. The van der Waals surface area contributed by atoms with Gasteiger partial charge in [0.25, 0.3) is 0 Å². The van der Waals surface area contributed by atoms with Gasteiger partial charge in [0.15, 0.2) is 5.82 Å². The molecule has 1 saturated carbocycles. The Morgan fingerprint density at radius 3 is 2.83 bits per heavy atom. The first-order valence-corrected chi connectivity index (χ1v) is 6.33. The average molecular weight is 252 g/mol. The molecule has 1 aliphatic rings. The molecule has 2 rings (SSSR count). The van der Waals surface area contributed by atoms with E-state index < -0.39 is 0 Å². The van der Waals surface area contributed by atoms with Crippen molar-refractivity contribution in [3.05, 3.63) is 6.33 Å². The van der Waals surface area contributed by atoms with Crippen molar-refractivity contribution in [3.8, 4) is 5.88 Å². The summed E-state index contributed by atoms with van der Waals surface area (Å²) < 4.78 is 5.45. The molecular formula is C12H20N4O2. The number of anilines is 2. The van der Waals surface area contributed by atoms with Crippen molar-refractivity contribution in [1.29, 1.82) is 0 Å². The van der Waals surface area contributed by atoms with E-state index in [0.717, 1.165) is 25.7 Å². The largest absolute Gasteiger partial charge is 0.476 e. The van der Waals surface area contributed by atoms with Crippen molar-refractivity contribution in [2.24, 2.45) is 0 Å². The number of nitrogens with two attached hydrogens (primary N) is 1. The van der Waals surface area contributed by atoms with Gasteiger partial charge in [0.1, 0.15) is 12.0 Å². The molecule has 1 aliphatic carbocycles. The van der Waals surface area contributed by atoms with Crippen LogP contribution in [-0.2, 0) is 0 Å². The lowest BCUT2D eigenvalue weighted by Gasteiger charge is -2.41. The Hall–Kier alpha value is -1.56. The lowest BCUT2D eigenvalue weighted by Crippen LogP contribution is -2.48. The van der Waals surface area contributed by atoms with Crippen LogP contribution < -0.4 is 15.8 Å². The van der Waals surface area contributed by atoms with Gasteiger partial charge in [0.2, 0.25) is 5.88 Å². The van der Waals surface area contributed by atoms with Crippen LogP contribution in [0.4, 0.5) is 11.5 Å². The van der Waals surface area contributed by atoms with Crippen molar-refractivity contribution < 1.29 is 9.84 Å². The number of nitrogens with one attached hydrogen (secondary N) is 1. The number of rotatable bonds is 6. The minimum Gasteiger partial charge on any atom is -0.476 e. The molecule has 1 fully saturated rings. The molecule has 0 spiro atoms. The summed E-state index contributed by atoms with van der Waals surface area (Å²) in [6, 6.07) is 0. The molecule has 0 saturated heterocycles. The fourth-order valence-corrected chi connectivity index (χ4v) is 1.97. The van der Waals surface area contributed by atoms with E-state index in [9.17, 15) is 5.11 Å². The zero-order chi connectivity index (χ0) is 13.0. The van der Waals surface area contributed by atoms with E-state index in [1.54, 1.807) is 0 Å². The van der Waals surface area contributed by atoms with Crippen LogP contribution >= 0.6 is 0 Å². The van der Waals surface area contributed by atoms with Gasteiger partial charge in [0.05, 0.1) is 18.8 Å². The molecule has 1 heterocycles. The summed E-state index contributed by atoms with van der Waals surface area (Å²) >= 11 is 0. The van der Waals surface area contributed by atoms with Gasteiger partial charge in [-0.3, -0.25) is 0 Å². The third-order valence-corrected chi connectivity index (χ3v) is 3.29. The van der Waals surface area contributed by atoms with Gasteiger partial charge >= 0.3 is 0 Å². The second-order valence-electron chi connectivity index (χ2n) is 4.71.